The molecule has 0 bridgehead atoms. The number of aromatic nitrogens is 3. The Hall–Kier alpha value is -5.54. The van der Waals surface area contributed by atoms with Gasteiger partial charge in [0.15, 0.2) is 0 Å². The predicted octanol–water partition coefficient (Wildman–Crippen LogP) is 9.90. The lowest BCUT2D eigenvalue weighted by Gasteiger charge is -2.14. The Kier molecular flexibility index (Phi) is 3.93. The number of rotatable bonds is 1. The SMILES string of the molecule is c1ccc2c(c1)cc1n3cccc3c3c(c4ccccc4n3-c3ccc4c5ccccc5c5ccccc5c4c3)n21. The molecule has 6 aromatic carbocycles. The van der Waals surface area contributed by atoms with Crippen LogP contribution >= 0.6 is 0 Å². The highest BCUT2D eigenvalue weighted by Crippen LogP contribution is 2.40. The first-order valence-corrected chi connectivity index (χ1v) is 14.1. The number of nitrogens with zero attached hydrogens (tertiary/aromatic N) is 3. The van der Waals surface area contributed by atoms with E-state index in [4.69, 9.17) is 0 Å². The molecule has 4 aromatic heterocycles. The van der Waals surface area contributed by atoms with Crippen molar-refractivity contribution in [3.63, 3.8) is 0 Å². The quantitative estimate of drug-likeness (QED) is 0.191. The largest absolute Gasteiger partial charge is 0.306 e. The summed E-state index contributed by atoms with van der Waals surface area (Å²) in [5, 5.41) is 10.2. The van der Waals surface area contributed by atoms with Gasteiger partial charge in [0, 0.05) is 22.7 Å². The van der Waals surface area contributed by atoms with Crippen LogP contribution in [0.5, 0.6) is 0 Å². The maximum atomic E-state index is 2.47. The molecule has 0 amide bonds. The lowest BCUT2D eigenvalue weighted by atomic mass is 9.94. The Bertz CT molecular complexity index is 2660. The lowest BCUT2D eigenvalue weighted by Crippen LogP contribution is -1.99. The maximum Gasteiger partial charge on any atom is 0.123 e. The van der Waals surface area contributed by atoms with Crippen molar-refractivity contribution in [3.05, 3.63) is 140 Å². The van der Waals surface area contributed by atoms with Gasteiger partial charge in [-0.05, 0) is 74.8 Å². The normalized spacial score (nSPS) is 12.4. The van der Waals surface area contributed by atoms with E-state index in [9.17, 15) is 0 Å². The van der Waals surface area contributed by atoms with E-state index in [0.717, 1.165) is 0 Å². The predicted molar refractivity (Wildman–Crippen MR) is 173 cm³/mol. The van der Waals surface area contributed by atoms with Crippen LogP contribution in [0.2, 0.25) is 0 Å². The maximum absolute atomic E-state index is 2.47. The average molecular weight is 522 g/mol. The third-order valence-corrected chi connectivity index (χ3v) is 8.99. The molecule has 0 aliphatic rings. The summed E-state index contributed by atoms with van der Waals surface area (Å²) in [6.07, 6.45) is 2.19. The molecule has 0 saturated carbocycles. The Balaban J connectivity index is 1.44. The van der Waals surface area contributed by atoms with Crippen LogP contribution in [-0.2, 0) is 0 Å². The van der Waals surface area contributed by atoms with Gasteiger partial charge in [-0.2, -0.15) is 0 Å². The number of hydrogen-bond donors (Lipinski definition) is 0. The summed E-state index contributed by atoms with van der Waals surface area (Å²) in [7, 11) is 0. The molecule has 0 aliphatic carbocycles. The van der Waals surface area contributed by atoms with Gasteiger partial charge < -0.3 is 8.97 Å². The Morgan fingerprint density at radius 2 is 0.976 bits per heavy atom. The van der Waals surface area contributed by atoms with Crippen LogP contribution in [0.4, 0.5) is 0 Å². The van der Waals surface area contributed by atoms with Crippen molar-refractivity contribution < 1.29 is 0 Å². The summed E-state index contributed by atoms with van der Waals surface area (Å²) in [5.41, 5.74) is 8.44. The molecule has 0 radical (unpaired) electrons. The van der Waals surface area contributed by atoms with E-state index < -0.39 is 0 Å². The lowest BCUT2D eigenvalue weighted by molar-refractivity contribution is 1.13. The highest BCUT2D eigenvalue weighted by Gasteiger charge is 2.21. The molecular formula is C38H23N3. The van der Waals surface area contributed by atoms with Gasteiger partial charge in [-0.3, -0.25) is 4.40 Å². The van der Waals surface area contributed by atoms with Gasteiger partial charge in [-0.25, -0.2) is 0 Å². The first-order chi connectivity index (χ1) is 20.4. The van der Waals surface area contributed by atoms with Crippen molar-refractivity contribution in [2.45, 2.75) is 0 Å². The van der Waals surface area contributed by atoms with E-state index >= 15 is 0 Å². The van der Waals surface area contributed by atoms with E-state index in [-0.39, 0.29) is 0 Å². The number of para-hydroxylation sites is 2. The Morgan fingerprint density at radius 3 is 1.73 bits per heavy atom. The molecule has 41 heavy (non-hydrogen) atoms. The molecule has 0 saturated heterocycles. The Labute approximate surface area is 234 Å². The fourth-order valence-electron chi connectivity index (χ4n) is 7.31. The van der Waals surface area contributed by atoms with E-state index in [1.165, 1.54) is 82.0 Å². The highest BCUT2D eigenvalue weighted by molar-refractivity contribution is 6.25. The molecule has 0 N–H and O–H groups in total. The third kappa shape index (κ3) is 2.63. The molecule has 190 valence electrons. The molecule has 0 unspecified atom stereocenters. The number of fused-ring (bicyclic) bond motifs is 16. The van der Waals surface area contributed by atoms with Gasteiger partial charge in [-0.1, -0.05) is 91.0 Å². The topological polar surface area (TPSA) is 13.8 Å². The minimum atomic E-state index is 1.17. The van der Waals surface area contributed by atoms with Gasteiger partial charge in [0.2, 0.25) is 0 Å². The second-order valence-corrected chi connectivity index (χ2v) is 11.0. The molecule has 0 fully saturated rings. The van der Waals surface area contributed by atoms with Crippen LogP contribution in [0.3, 0.4) is 0 Å². The molecule has 3 heteroatoms. The molecule has 3 nitrogen and oxygen atoms in total. The molecular weight excluding hydrogens is 498 g/mol. The molecule has 0 spiro atoms. The van der Waals surface area contributed by atoms with E-state index in [0.29, 0.717) is 0 Å². The van der Waals surface area contributed by atoms with Gasteiger partial charge >= 0.3 is 0 Å². The Morgan fingerprint density at radius 1 is 0.390 bits per heavy atom. The van der Waals surface area contributed by atoms with E-state index in [1.54, 1.807) is 0 Å². The van der Waals surface area contributed by atoms with Crippen LogP contribution in [0, 0.1) is 0 Å². The molecule has 0 atom stereocenters. The molecule has 4 heterocycles. The second-order valence-electron chi connectivity index (χ2n) is 11.0. The van der Waals surface area contributed by atoms with Crippen LogP contribution in [0.1, 0.15) is 0 Å². The average Bonchev–Trinajstić information content (AvgIpc) is 3.75. The zero-order valence-corrected chi connectivity index (χ0v) is 22.1. The van der Waals surface area contributed by atoms with Crippen molar-refractivity contribution in [2.75, 3.05) is 0 Å². The first-order valence-electron chi connectivity index (χ1n) is 14.1. The zero-order chi connectivity index (χ0) is 26.7. The van der Waals surface area contributed by atoms with Crippen molar-refractivity contribution in [3.8, 4) is 5.69 Å². The second kappa shape index (κ2) is 7.56. The summed E-state index contributed by atoms with van der Waals surface area (Å²) in [6.45, 7) is 0. The smallest absolute Gasteiger partial charge is 0.123 e. The summed E-state index contributed by atoms with van der Waals surface area (Å²) in [4.78, 5) is 0. The van der Waals surface area contributed by atoms with Crippen LogP contribution in [0.25, 0.3) is 82.0 Å². The van der Waals surface area contributed by atoms with Crippen LogP contribution in [0.15, 0.2) is 140 Å². The summed E-state index contributed by atoms with van der Waals surface area (Å²) < 4.78 is 7.25. The first kappa shape index (κ1) is 21.3. The van der Waals surface area contributed by atoms with Gasteiger partial charge in [-0.15, -0.1) is 0 Å². The van der Waals surface area contributed by atoms with Crippen molar-refractivity contribution in [2.24, 2.45) is 0 Å². The van der Waals surface area contributed by atoms with Crippen molar-refractivity contribution in [1.29, 1.82) is 0 Å². The number of hydrogen-bond acceptors (Lipinski definition) is 0. The highest BCUT2D eigenvalue weighted by atomic mass is 15.1. The fourth-order valence-corrected chi connectivity index (χ4v) is 7.31. The summed E-state index contributed by atoms with van der Waals surface area (Å²) in [5.74, 6) is 0. The van der Waals surface area contributed by atoms with Gasteiger partial charge in [0.25, 0.3) is 0 Å². The van der Waals surface area contributed by atoms with Crippen molar-refractivity contribution in [1.82, 2.24) is 13.4 Å². The molecule has 0 aliphatic heterocycles. The number of benzene rings is 6. The van der Waals surface area contributed by atoms with Crippen LogP contribution in [-0.4, -0.2) is 13.4 Å². The van der Waals surface area contributed by atoms with Crippen molar-refractivity contribution >= 4 is 76.3 Å². The summed E-state index contributed by atoms with van der Waals surface area (Å²) in [6, 6.07) is 48.9. The minimum Gasteiger partial charge on any atom is -0.306 e. The van der Waals surface area contributed by atoms with Gasteiger partial charge in [0.1, 0.15) is 5.65 Å². The van der Waals surface area contributed by atoms with E-state index in [2.05, 4.69) is 153 Å². The van der Waals surface area contributed by atoms with E-state index in [1.807, 2.05) is 0 Å². The minimum absolute atomic E-state index is 1.17. The van der Waals surface area contributed by atoms with Gasteiger partial charge in [0.05, 0.1) is 27.6 Å². The molecule has 10 rings (SSSR count). The monoisotopic (exact) mass is 521 g/mol. The third-order valence-electron chi connectivity index (χ3n) is 8.99. The summed E-state index contributed by atoms with van der Waals surface area (Å²) >= 11 is 0. The molecule has 10 aromatic rings. The standard InChI is InChI=1S/C38H23N3/c1-7-16-33-24(10-1)22-36-39-21-9-18-35(39)38-37(41(33)36)31-15-6-8-17-34(31)40(38)25-19-20-30-28-13-3-2-11-26(28)27-12-4-5-14-29(27)32(30)23-25/h1-23H. The fraction of sp³-hybridized carbons (Fsp3) is 0. The zero-order valence-electron chi connectivity index (χ0n) is 22.1. The van der Waals surface area contributed by atoms with Crippen LogP contribution < -0.4 is 0 Å².